The number of rotatable bonds is 4. The first-order valence-corrected chi connectivity index (χ1v) is 5.25. The summed E-state index contributed by atoms with van der Waals surface area (Å²) in [6.07, 6.45) is -0.742. The number of benzene rings is 1. The predicted octanol–water partition coefficient (Wildman–Crippen LogP) is 1.23. The van der Waals surface area contributed by atoms with Crippen LogP contribution in [-0.2, 0) is 4.79 Å². The van der Waals surface area contributed by atoms with Crippen LogP contribution in [0.3, 0.4) is 0 Å². The number of amides is 1. The van der Waals surface area contributed by atoms with E-state index < -0.39 is 12.0 Å². The molecule has 4 nitrogen and oxygen atoms in total. The molecule has 1 atom stereocenters. The van der Waals surface area contributed by atoms with Gasteiger partial charge in [-0.25, -0.2) is 0 Å². The van der Waals surface area contributed by atoms with Crippen molar-refractivity contribution in [3.63, 3.8) is 0 Å². The van der Waals surface area contributed by atoms with Gasteiger partial charge in [0.25, 0.3) is 5.91 Å². The van der Waals surface area contributed by atoms with Crippen LogP contribution in [0, 0.1) is 0 Å². The molecule has 86 valence electrons. The lowest BCUT2D eigenvalue weighted by Crippen LogP contribution is -2.30. The third-order valence-corrected chi connectivity index (χ3v) is 2.45. The Morgan fingerprint density at radius 2 is 2.12 bits per heavy atom. The second kappa shape index (κ2) is 5.14. The van der Waals surface area contributed by atoms with Gasteiger partial charge in [-0.2, -0.15) is 0 Å². The highest BCUT2D eigenvalue weighted by atomic mass is 35.5. The van der Waals surface area contributed by atoms with Crippen molar-refractivity contribution >= 4 is 34.7 Å². The van der Waals surface area contributed by atoms with Crippen molar-refractivity contribution in [2.75, 3.05) is 0 Å². The molecular formula is C10H11ClN2O2S. The summed E-state index contributed by atoms with van der Waals surface area (Å²) in [6, 6.07) is 4.83. The molecule has 16 heavy (non-hydrogen) atoms. The van der Waals surface area contributed by atoms with Crippen LogP contribution in [0.2, 0.25) is 5.02 Å². The summed E-state index contributed by atoms with van der Waals surface area (Å²) in [5.41, 5.74) is 11.1. The fraction of sp³-hybridized carbons (Fsp3) is 0.200. The molecule has 0 aliphatic carbocycles. The fourth-order valence-electron chi connectivity index (χ4n) is 0.998. The number of halogens is 1. The molecule has 1 rings (SSSR count). The normalized spacial score (nSPS) is 11.9. The van der Waals surface area contributed by atoms with E-state index in [0.717, 1.165) is 0 Å². The van der Waals surface area contributed by atoms with Gasteiger partial charge in [0.15, 0.2) is 6.10 Å². The third-order valence-electron chi connectivity index (χ3n) is 1.92. The predicted molar refractivity (Wildman–Crippen MR) is 66.6 cm³/mol. The van der Waals surface area contributed by atoms with Gasteiger partial charge in [0.1, 0.15) is 10.7 Å². The number of hydrogen-bond acceptors (Lipinski definition) is 3. The van der Waals surface area contributed by atoms with E-state index in [0.29, 0.717) is 16.3 Å². The molecule has 0 aliphatic rings. The van der Waals surface area contributed by atoms with Gasteiger partial charge in [-0.3, -0.25) is 4.79 Å². The highest BCUT2D eigenvalue weighted by Crippen LogP contribution is 2.26. The molecule has 0 fully saturated rings. The number of hydrogen-bond donors (Lipinski definition) is 2. The molecular weight excluding hydrogens is 248 g/mol. The lowest BCUT2D eigenvalue weighted by Gasteiger charge is -2.13. The maximum atomic E-state index is 10.8. The topological polar surface area (TPSA) is 78.3 Å². The maximum Gasteiger partial charge on any atom is 0.258 e. The summed E-state index contributed by atoms with van der Waals surface area (Å²) in [5.74, 6) is -0.192. The first-order valence-electron chi connectivity index (χ1n) is 4.47. The molecule has 0 aromatic heterocycles. The minimum atomic E-state index is -0.742. The Kier molecular flexibility index (Phi) is 4.09. The zero-order chi connectivity index (χ0) is 12.3. The van der Waals surface area contributed by atoms with E-state index in [1.807, 2.05) is 0 Å². The lowest BCUT2D eigenvalue weighted by atomic mass is 10.2. The Bertz CT molecular complexity index is 437. The van der Waals surface area contributed by atoms with Crippen LogP contribution < -0.4 is 16.2 Å². The molecule has 0 saturated carbocycles. The van der Waals surface area contributed by atoms with Crippen LogP contribution in [0.15, 0.2) is 18.2 Å². The van der Waals surface area contributed by atoms with Crippen molar-refractivity contribution < 1.29 is 9.53 Å². The summed E-state index contributed by atoms with van der Waals surface area (Å²) in [4.78, 5) is 11.1. The quantitative estimate of drug-likeness (QED) is 0.796. The second-order valence-electron chi connectivity index (χ2n) is 3.17. The van der Waals surface area contributed by atoms with E-state index in [1.165, 1.54) is 0 Å². The number of carbonyl (C=O) groups is 1. The van der Waals surface area contributed by atoms with Crippen molar-refractivity contribution in [3.8, 4) is 5.75 Å². The maximum absolute atomic E-state index is 10.8. The van der Waals surface area contributed by atoms with E-state index in [2.05, 4.69) is 0 Å². The number of ether oxygens (including phenoxy) is 1. The summed E-state index contributed by atoms with van der Waals surface area (Å²) in [6.45, 7) is 1.54. The van der Waals surface area contributed by atoms with Crippen molar-refractivity contribution in [2.45, 2.75) is 13.0 Å². The zero-order valence-electron chi connectivity index (χ0n) is 8.57. The van der Waals surface area contributed by atoms with E-state index >= 15 is 0 Å². The van der Waals surface area contributed by atoms with Crippen LogP contribution in [0.4, 0.5) is 0 Å². The van der Waals surface area contributed by atoms with Gasteiger partial charge in [-0.15, -0.1) is 0 Å². The Morgan fingerprint density at radius 3 is 2.56 bits per heavy atom. The van der Waals surface area contributed by atoms with Gasteiger partial charge in [0.05, 0.1) is 5.02 Å². The first kappa shape index (κ1) is 12.7. The van der Waals surface area contributed by atoms with Gasteiger partial charge in [0.2, 0.25) is 0 Å². The van der Waals surface area contributed by atoms with Crippen molar-refractivity contribution in [3.05, 3.63) is 28.8 Å². The van der Waals surface area contributed by atoms with E-state index in [4.69, 9.17) is 40.0 Å². The molecule has 1 amide bonds. The van der Waals surface area contributed by atoms with Gasteiger partial charge < -0.3 is 16.2 Å². The summed E-state index contributed by atoms with van der Waals surface area (Å²) in [5, 5.41) is 0.332. The van der Waals surface area contributed by atoms with Crippen molar-refractivity contribution in [1.29, 1.82) is 0 Å². The van der Waals surface area contributed by atoms with Gasteiger partial charge in [0, 0.05) is 5.56 Å². The van der Waals surface area contributed by atoms with E-state index in [-0.39, 0.29) is 4.99 Å². The zero-order valence-corrected chi connectivity index (χ0v) is 10.1. The molecule has 6 heteroatoms. The SMILES string of the molecule is CC(Oc1ccc(C(N)=S)cc1Cl)C(N)=O. The molecule has 1 aromatic rings. The first-order chi connectivity index (χ1) is 7.41. The Morgan fingerprint density at radius 1 is 1.50 bits per heavy atom. The highest BCUT2D eigenvalue weighted by molar-refractivity contribution is 7.80. The molecule has 4 N–H and O–H groups in total. The minimum absolute atomic E-state index is 0.247. The smallest absolute Gasteiger partial charge is 0.258 e. The lowest BCUT2D eigenvalue weighted by molar-refractivity contribution is -0.123. The Labute approximate surface area is 104 Å². The summed E-state index contributed by atoms with van der Waals surface area (Å²) < 4.78 is 5.25. The van der Waals surface area contributed by atoms with Crippen LogP contribution in [0.5, 0.6) is 5.75 Å². The molecule has 1 aromatic carbocycles. The Balaban J connectivity index is 2.91. The molecule has 0 spiro atoms. The summed E-state index contributed by atoms with van der Waals surface area (Å²) in [7, 11) is 0. The van der Waals surface area contributed by atoms with E-state index in [1.54, 1.807) is 25.1 Å². The molecule has 0 heterocycles. The number of carbonyl (C=O) groups excluding carboxylic acids is 1. The number of thiocarbonyl (C=S) groups is 1. The fourth-order valence-corrected chi connectivity index (χ4v) is 1.35. The van der Waals surface area contributed by atoms with Gasteiger partial charge in [-0.05, 0) is 25.1 Å². The van der Waals surface area contributed by atoms with Crippen LogP contribution in [0.1, 0.15) is 12.5 Å². The standard InChI is InChI=1S/C10H11ClN2O2S/c1-5(9(12)14)15-8-3-2-6(10(13)16)4-7(8)11/h2-5H,1H3,(H2,12,14)(H2,13,16). The van der Waals surface area contributed by atoms with Gasteiger partial charge in [-0.1, -0.05) is 23.8 Å². The molecule has 0 radical (unpaired) electrons. The average Bonchev–Trinajstić information content (AvgIpc) is 2.20. The van der Waals surface area contributed by atoms with Crippen LogP contribution in [-0.4, -0.2) is 17.0 Å². The monoisotopic (exact) mass is 258 g/mol. The molecule has 0 aliphatic heterocycles. The number of nitrogens with two attached hydrogens (primary N) is 2. The largest absolute Gasteiger partial charge is 0.479 e. The minimum Gasteiger partial charge on any atom is -0.479 e. The summed E-state index contributed by atoms with van der Waals surface area (Å²) >= 11 is 10.7. The third kappa shape index (κ3) is 3.08. The van der Waals surface area contributed by atoms with Gasteiger partial charge >= 0.3 is 0 Å². The van der Waals surface area contributed by atoms with Crippen LogP contribution >= 0.6 is 23.8 Å². The average molecular weight is 259 g/mol. The molecule has 1 unspecified atom stereocenters. The van der Waals surface area contributed by atoms with E-state index in [9.17, 15) is 4.79 Å². The van der Waals surface area contributed by atoms with Crippen molar-refractivity contribution in [1.82, 2.24) is 0 Å². The Hall–Kier alpha value is -1.33. The highest BCUT2D eigenvalue weighted by Gasteiger charge is 2.12. The molecule has 0 saturated heterocycles. The van der Waals surface area contributed by atoms with Crippen molar-refractivity contribution in [2.24, 2.45) is 11.5 Å². The van der Waals surface area contributed by atoms with Crippen LogP contribution in [0.25, 0.3) is 0 Å². The molecule has 0 bridgehead atoms. The second-order valence-corrected chi connectivity index (χ2v) is 4.02. The number of primary amides is 1.